The van der Waals surface area contributed by atoms with Crippen LogP contribution in [-0.2, 0) is 4.74 Å². The summed E-state index contributed by atoms with van der Waals surface area (Å²) in [5.74, 6) is 0.675. The van der Waals surface area contributed by atoms with E-state index in [1.54, 1.807) is 0 Å². The van der Waals surface area contributed by atoms with Gasteiger partial charge in [-0.15, -0.1) is 0 Å². The molecule has 2 N–H and O–H groups in total. The van der Waals surface area contributed by atoms with Crippen LogP contribution in [0.2, 0.25) is 0 Å². The Hall–Kier alpha value is -0.150. The first kappa shape index (κ1) is 12.8. The molecule has 0 aromatic carbocycles. The van der Waals surface area contributed by atoms with E-state index in [1.165, 1.54) is 25.7 Å². The van der Waals surface area contributed by atoms with Gasteiger partial charge in [0.05, 0.1) is 11.6 Å². The summed E-state index contributed by atoms with van der Waals surface area (Å²) in [6.45, 7) is 5.64. The van der Waals surface area contributed by atoms with E-state index in [4.69, 9.17) is 22.7 Å². The molecule has 0 saturated carbocycles. The molecule has 78 valence electrons. The van der Waals surface area contributed by atoms with Crippen molar-refractivity contribution in [2.45, 2.75) is 39.5 Å². The maximum absolute atomic E-state index is 5.38. The van der Waals surface area contributed by atoms with E-state index in [-0.39, 0.29) is 0 Å². The molecule has 0 fully saturated rings. The molecule has 0 amide bonds. The van der Waals surface area contributed by atoms with Crippen LogP contribution in [0.15, 0.2) is 0 Å². The second-order valence-corrected chi connectivity index (χ2v) is 3.92. The number of ether oxygens (including phenoxy) is 1. The van der Waals surface area contributed by atoms with E-state index in [0.717, 1.165) is 6.61 Å². The van der Waals surface area contributed by atoms with Gasteiger partial charge < -0.3 is 10.5 Å². The molecule has 0 aromatic heterocycles. The number of rotatable bonds is 8. The molecule has 1 atom stereocenters. The first-order valence-corrected chi connectivity index (χ1v) is 5.47. The molecule has 0 spiro atoms. The number of nitrogens with two attached hydrogens (primary N) is 1. The van der Waals surface area contributed by atoms with E-state index in [2.05, 4.69) is 13.8 Å². The molecule has 0 bridgehead atoms. The van der Waals surface area contributed by atoms with Gasteiger partial charge in [0, 0.05) is 6.61 Å². The first-order chi connectivity index (χ1) is 6.20. The fourth-order valence-corrected chi connectivity index (χ4v) is 1.31. The van der Waals surface area contributed by atoms with Crippen LogP contribution in [0.1, 0.15) is 39.5 Å². The van der Waals surface area contributed by atoms with Crippen LogP contribution in [-0.4, -0.2) is 18.2 Å². The van der Waals surface area contributed by atoms with Crippen LogP contribution in [0.5, 0.6) is 0 Å². The largest absolute Gasteiger partial charge is 0.391 e. The van der Waals surface area contributed by atoms with Gasteiger partial charge in [0.2, 0.25) is 0 Å². The van der Waals surface area contributed by atoms with Gasteiger partial charge in [-0.25, -0.2) is 0 Å². The zero-order valence-corrected chi connectivity index (χ0v) is 9.53. The Morgan fingerprint density at radius 3 is 2.62 bits per heavy atom. The van der Waals surface area contributed by atoms with Crippen molar-refractivity contribution >= 4 is 17.2 Å². The molecule has 0 saturated heterocycles. The SMILES string of the molecule is CCCCC(CC)COCC(N)=S. The standard InChI is InChI=1S/C10H21NOS/c1-3-5-6-9(4-2)7-12-8-10(11)13/h9H,3-8H2,1-2H3,(H2,11,13). The van der Waals surface area contributed by atoms with Crippen molar-refractivity contribution in [2.75, 3.05) is 13.2 Å². The number of thiocarbonyl (C=S) groups is 1. The molecular weight excluding hydrogens is 182 g/mol. The highest BCUT2D eigenvalue weighted by atomic mass is 32.1. The minimum Gasteiger partial charge on any atom is -0.391 e. The lowest BCUT2D eigenvalue weighted by atomic mass is 10.0. The summed E-state index contributed by atoms with van der Waals surface area (Å²) in [5, 5.41) is 0. The predicted molar refractivity (Wildman–Crippen MR) is 60.9 cm³/mol. The molecule has 0 rings (SSSR count). The normalized spacial score (nSPS) is 12.8. The van der Waals surface area contributed by atoms with Crippen LogP contribution in [0, 0.1) is 5.92 Å². The summed E-state index contributed by atoms with van der Waals surface area (Å²) < 4.78 is 5.38. The minimum atomic E-state index is 0.429. The summed E-state index contributed by atoms with van der Waals surface area (Å²) in [4.78, 5) is 0.449. The lowest BCUT2D eigenvalue weighted by molar-refractivity contribution is 0.124. The number of unbranched alkanes of at least 4 members (excludes halogenated alkanes) is 1. The molecule has 13 heavy (non-hydrogen) atoms. The van der Waals surface area contributed by atoms with Gasteiger partial charge >= 0.3 is 0 Å². The Labute approximate surface area is 86.8 Å². The van der Waals surface area contributed by atoms with E-state index < -0.39 is 0 Å². The van der Waals surface area contributed by atoms with Crippen LogP contribution >= 0.6 is 12.2 Å². The fraction of sp³-hybridized carbons (Fsp3) is 0.900. The summed E-state index contributed by atoms with van der Waals surface area (Å²) in [5.41, 5.74) is 5.33. The van der Waals surface area contributed by atoms with Gasteiger partial charge in [-0.1, -0.05) is 45.3 Å². The zero-order chi connectivity index (χ0) is 10.1. The van der Waals surface area contributed by atoms with E-state index in [0.29, 0.717) is 17.5 Å². The highest BCUT2D eigenvalue weighted by molar-refractivity contribution is 7.80. The molecule has 0 heterocycles. The van der Waals surface area contributed by atoms with Gasteiger partial charge in [-0.2, -0.15) is 0 Å². The monoisotopic (exact) mass is 203 g/mol. The summed E-state index contributed by atoms with van der Waals surface area (Å²) >= 11 is 4.72. The third kappa shape index (κ3) is 8.19. The molecule has 1 unspecified atom stereocenters. The minimum absolute atomic E-state index is 0.429. The molecule has 0 aliphatic carbocycles. The van der Waals surface area contributed by atoms with Crippen molar-refractivity contribution < 1.29 is 4.74 Å². The van der Waals surface area contributed by atoms with E-state index >= 15 is 0 Å². The third-order valence-corrected chi connectivity index (χ3v) is 2.26. The van der Waals surface area contributed by atoms with Gasteiger partial charge in [0.15, 0.2) is 0 Å². The van der Waals surface area contributed by atoms with Crippen LogP contribution in [0.25, 0.3) is 0 Å². The van der Waals surface area contributed by atoms with Crippen LogP contribution < -0.4 is 5.73 Å². The van der Waals surface area contributed by atoms with Crippen molar-refractivity contribution in [3.8, 4) is 0 Å². The Kier molecular flexibility index (Phi) is 8.35. The molecule has 3 heteroatoms. The fourth-order valence-electron chi connectivity index (χ4n) is 1.22. The second-order valence-electron chi connectivity index (χ2n) is 3.40. The molecule has 2 nitrogen and oxygen atoms in total. The van der Waals surface area contributed by atoms with Crippen LogP contribution in [0.4, 0.5) is 0 Å². The first-order valence-electron chi connectivity index (χ1n) is 5.06. The highest BCUT2D eigenvalue weighted by Gasteiger charge is 2.05. The zero-order valence-electron chi connectivity index (χ0n) is 8.71. The lowest BCUT2D eigenvalue weighted by Gasteiger charge is -2.13. The molecule has 0 aliphatic rings. The molecule has 0 aliphatic heterocycles. The van der Waals surface area contributed by atoms with Gasteiger partial charge in [0.1, 0.15) is 0 Å². The van der Waals surface area contributed by atoms with Gasteiger partial charge in [-0.3, -0.25) is 0 Å². The Morgan fingerprint density at radius 1 is 1.46 bits per heavy atom. The Balaban J connectivity index is 3.41. The molecule has 0 aromatic rings. The van der Waals surface area contributed by atoms with Gasteiger partial charge in [-0.05, 0) is 12.3 Å². The predicted octanol–water partition coefficient (Wildman–Crippen LogP) is 2.51. The van der Waals surface area contributed by atoms with Crippen molar-refractivity contribution in [2.24, 2.45) is 11.7 Å². The summed E-state index contributed by atoms with van der Waals surface area (Å²) in [6.07, 6.45) is 4.97. The average Bonchev–Trinajstić information content (AvgIpc) is 2.10. The summed E-state index contributed by atoms with van der Waals surface area (Å²) in [7, 11) is 0. The van der Waals surface area contributed by atoms with Crippen molar-refractivity contribution in [3.05, 3.63) is 0 Å². The quantitative estimate of drug-likeness (QED) is 0.616. The van der Waals surface area contributed by atoms with Crippen LogP contribution in [0.3, 0.4) is 0 Å². The van der Waals surface area contributed by atoms with E-state index in [9.17, 15) is 0 Å². The van der Waals surface area contributed by atoms with Gasteiger partial charge in [0.25, 0.3) is 0 Å². The highest BCUT2D eigenvalue weighted by Crippen LogP contribution is 2.12. The maximum atomic E-state index is 5.38. The Morgan fingerprint density at radius 2 is 2.15 bits per heavy atom. The number of hydrogen-bond acceptors (Lipinski definition) is 2. The Bertz CT molecular complexity index is 139. The van der Waals surface area contributed by atoms with E-state index in [1.807, 2.05) is 0 Å². The molecule has 0 radical (unpaired) electrons. The number of hydrogen-bond donors (Lipinski definition) is 1. The molecular formula is C10H21NOS. The smallest absolute Gasteiger partial charge is 0.0989 e. The lowest BCUT2D eigenvalue weighted by Crippen LogP contribution is -2.19. The van der Waals surface area contributed by atoms with Crippen molar-refractivity contribution in [1.82, 2.24) is 0 Å². The van der Waals surface area contributed by atoms with Crippen molar-refractivity contribution in [3.63, 3.8) is 0 Å². The van der Waals surface area contributed by atoms with Crippen molar-refractivity contribution in [1.29, 1.82) is 0 Å². The summed E-state index contributed by atoms with van der Waals surface area (Å²) in [6, 6.07) is 0. The maximum Gasteiger partial charge on any atom is 0.0989 e. The average molecular weight is 203 g/mol. The second kappa shape index (κ2) is 8.45. The topological polar surface area (TPSA) is 35.2 Å². The third-order valence-electron chi connectivity index (χ3n) is 2.14.